The van der Waals surface area contributed by atoms with Crippen LogP contribution >= 0.6 is 0 Å². The number of hydrogen-bond acceptors (Lipinski definition) is 5. The van der Waals surface area contributed by atoms with Crippen molar-refractivity contribution in [3.05, 3.63) is 56.8 Å². The summed E-state index contributed by atoms with van der Waals surface area (Å²) in [6.07, 6.45) is 0. The van der Waals surface area contributed by atoms with Crippen LogP contribution in [-0.2, 0) is 14.3 Å². The molecule has 0 spiro atoms. The van der Waals surface area contributed by atoms with E-state index in [1.54, 1.807) is 19.1 Å². The monoisotopic (exact) mass is 291 g/mol. The highest BCUT2D eigenvalue weighted by Gasteiger charge is 2.44. The molecule has 1 aromatic rings. The fourth-order valence-electron chi connectivity index (χ4n) is 2.52. The summed E-state index contributed by atoms with van der Waals surface area (Å²) in [5, 5.41) is 11.3. The van der Waals surface area contributed by atoms with Gasteiger partial charge in [-0.25, -0.2) is 4.79 Å². The molecule has 6 nitrogen and oxygen atoms in total. The quantitative estimate of drug-likeness (QED) is 0.484. The van der Waals surface area contributed by atoms with Gasteiger partial charge in [0.1, 0.15) is 5.76 Å². The topological polar surface area (TPSA) is 78.7 Å². The van der Waals surface area contributed by atoms with Gasteiger partial charge in [0, 0.05) is 4.92 Å². The molecule has 1 aliphatic heterocycles. The zero-order chi connectivity index (χ0) is 15.6. The fourth-order valence-corrected chi connectivity index (χ4v) is 2.52. The molecule has 0 radical (unpaired) electrons. The van der Waals surface area contributed by atoms with Crippen molar-refractivity contribution >= 4 is 5.97 Å². The molecule has 1 aliphatic rings. The van der Waals surface area contributed by atoms with Crippen LogP contribution in [0, 0.1) is 17.0 Å². The zero-order valence-electron chi connectivity index (χ0n) is 12.2. The van der Waals surface area contributed by atoms with Gasteiger partial charge in [0.15, 0.2) is 6.61 Å². The van der Waals surface area contributed by atoms with E-state index in [9.17, 15) is 14.9 Å². The SMILES string of the molecule is COC(=O)C1=C(C)OCC([N+](=O)[O-])[C@@H]1c1ccc(C)cc1. The summed E-state index contributed by atoms with van der Waals surface area (Å²) in [5.41, 5.74) is 1.98. The molecule has 1 aromatic carbocycles. The number of allylic oxidation sites excluding steroid dienone is 1. The fraction of sp³-hybridized carbons (Fsp3) is 0.400. The first-order chi connectivity index (χ1) is 9.95. The van der Waals surface area contributed by atoms with Gasteiger partial charge < -0.3 is 9.47 Å². The summed E-state index contributed by atoms with van der Waals surface area (Å²) in [7, 11) is 1.25. The van der Waals surface area contributed by atoms with E-state index in [1.807, 2.05) is 19.1 Å². The third-order valence-corrected chi connectivity index (χ3v) is 3.66. The highest BCUT2D eigenvalue weighted by atomic mass is 16.6. The van der Waals surface area contributed by atoms with Crippen molar-refractivity contribution in [2.45, 2.75) is 25.8 Å². The first kappa shape index (κ1) is 15.0. The first-order valence-corrected chi connectivity index (χ1v) is 6.57. The maximum absolute atomic E-state index is 12.0. The average Bonchev–Trinajstić information content (AvgIpc) is 2.46. The number of carbonyl (C=O) groups is 1. The standard InChI is InChI=1S/C15H17NO5/c1-9-4-6-11(7-5-9)14-12(16(18)19)8-21-10(2)13(14)15(17)20-3/h4-7,12,14H,8H2,1-3H3/t12?,14-/m0/s1. The van der Waals surface area contributed by atoms with E-state index in [0.717, 1.165) is 5.56 Å². The highest BCUT2D eigenvalue weighted by Crippen LogP contribution is 2.36. The van der Waals surface area contributed by atoms with Gasteiger partial charge in [-0.15, -0.1) is 0 Å². The minimum Gasteiger partial charge on any atom is -0.490 e. The molecule has 0 saturated carbocycles. The van der Waals surface area contributed by atoms with Crippen molar-refractivity contribution in [2.24, 2.45) is 0 Å². The molecular weight excluding hydrogens is 274 g/mol. The van der Waals surface area contributed by atoms with Crippen LogP contribution < -0.4 is 0 Å². The van der Waals surface area contributed by atoms with Crippen molar-refractivity contribution in [3.8, 4) is 0 Å². The van der Waals surface area contributed by atoms with Gasteiger partial charge in [0.25, 0.3) is 6.04 Å². The third kappa shape index (κ3) is 2.89. The van der Waals surface area contributed by atoms with E-state index < -0.39 is 22.9 Å². The van der Waals surface area contributed by atoms with Crippen LogP contribution in [0.5, 0.6) is 0 Å². The molecular formula is C15H17NO5. The zero-order valence-corrected chi connectivity index (χ0v) is 12.2. The number of nitro groups is 1. The van der Waals surface area contributed by atoms with E-state index in [-0.39, 0.29) is 12.2 Å². The Hall–Kier alpha value is -2.37. The van der Waals surface area contributed by atoms with Crippen molar-refractivity contribution in [1.29, 1.82) is 0 Å². The van der Waals surface area contributed by atoms with E-state index in [0.29, 0.717) is 11.3 Å². The highest BCUT2D eigenvalue weighted by molar-refractivity contribution is 5.91. The van der Waals surface area contributed by atoms with Gasteiger partial charge in [-0.3, -0.25) is 10.1 Å². The van der Waals surface area contributed by atoms with Crippen LogP contribution in [0.1, 0.15) is 24.0 Å². The van der Waals surface area contributed by atoms with E-state index in [4.69, 9.17) is 9.47 Å². The number of nitrogens with zero attached hydrogens (tertiary/aromatic N) is 1. The Kier molecular flexibility index (Phi) is 4.26. The molecule has 0 aliphatic carbocycles. The summed E-state index contributed by atoms with van der Waals surface area (Å²) in [6.45, 7) is 3.50. The van der Waals surface area contributed by atoms with Crippen LogP contribution in [0.3, 0.4) is 0 Å². The lowest BCUT2D eigenvalue weighted by atomic mass is 9.83. The Balaban J connectivity index is 2.55. The number of benzene rings is 1. The van der Waals surface area contributed by atoms with Crippen molar-refractivity contribution < 1.29 is 19.2 Å². The number of rotatable bonds is 3. The number of carbonyl (C=O) groups excluding carboxylic acids is 1. The molecule has 1 heterocycles. The van der Waals surface area contributed by atoms with E-state index >= 15 is 0 Å². The van der Waals surface area contributed by atoms with Crippen LogP contribution in [-0.4, -0.2) is 30.7 Å². The minimum absolute atomic E-state index is 0.0577. The number of hydrogen-bond donors (Lipinski definition) is 0. The van der Waals surface area contributed by atoms with Crippen LogP contribution in [0.15, 0.2) is 35.6 Å². The van der Waals surface area contributed by atoms with E-state index in [2.05, 4.69) is 0 Å². The lowest BCUT2D eigenvalue weighted by molar-refractivity contribution is -0.530. The van der Waals surface area contributed by atoms with E-state index in [1.165, 1.54) is 7.11 Å². The number of ether oxygens (including phenoxy) is 2. The molecule has 0 N–H and O–H groups in total. The number of esters is 1. The molecule has 0 bridgehead atoms. The minimum atomic E-state index is -1.01. The molecule has 6 heteroatoms. The summed E-state index contributed by atoms with van der Waals surface area (Å²) < 4.78 is 10.1. The predicted octanol–water partition coefficient (Wildman–Crippen LogP) is 2.20. The maximum Gasteiger partial charge on any atom is 0.338 e. The summed E-state index contributed by atoms with van der Waals surface area (Å²) in [6, 6.07) is 6.33. The van der Waals surface area contributed by atoms with Gasteiger partial charge in [0.05, 0.1) is 18.6 Å². The normalized spacial score (nSPS) is 21.7. The molecule has 0 amide bonds. The molecule has 0 aromatic heterocycles. The van der Waals surface area contributed by atoms with Crippen LogP contribution in [0.4, 0.5) is 0 Å². The second kappa shape index (κ2) is 5.95. The Morgan fingerprint density at radius 3 is 2.48 bits per heavy atom. The smallest absolute Gasteiger partial charge is 0.338 e. The molecule has 0 saturated heterocycles. The van der Waals surface area contributed by atoms with Gasteiger partial charge in [0.2, 0.25) is 0 Å². The Bertz CT molecular complexity index is 591. The van der Waals surface area contributed by atoms with Crippen molar-refractivity contribution in [1.82, 2.24) is 0 Å². The van der Waals surface area contributed by atoms with Gasteiger partial charge in [-0.05, 0) is 19.4 Å². The first-order valence-electron chi connectivity index (χ1n) is 6.57. The second-order valence-corrected chi connectivity index (χ2v) is 5.01. The van der Waals surface area contributed by atoms with Crippen LogP contribution in [0.25, 0.3) is 0 Å². The maximum atomic E-state index is 12.0. The predicted molar refractivity (Wildman–Crippen MR) is 75.4 cm³/mol. The average molecular weight is 291 g/mol. The summed E-state index contributed by atoms with van der Waals surface area (Å²) in [4.78, 5) is 22.9. The third-order valence-electron chi connectivity index (χ3n) is 3.66. The molecule has 2 atom stereocenters. The number of aryl methyl sites for hydroxylation is 1. The van der Waals surface area contributed by atoms with Crippen molar-refractivity contribution in [2.75, 3.05) is 13.7 Å². The molecule has 2 rings (SSSR count). The lowest BCUT2D eigenvalue weighted by Gasteiger charge is -2.29. The number of methoxy groups -OCH3 is 1. The van der Waals surface area contributed by atoms with Gasteiger partial charge >= 0.3 is 5.97 Å². The Morgan fingerprint density at radius 2 is 1.95 bits per heavy atom. The Labute approximate surface area is 122 Å². The molecule has 112 valence electrons. The second-order valence-electron chi connectivity index (χ2n) is 5.01. The van der Waals surface area contributed by atoms with Crippen molar-refractivity contribution in [3.63, 3.8) is 0 Å². The summed E-state index contributed by atoms with van der Waals surface area (Å²) in [5.74, 6) is -0.878. The van der Waals surface area contributed by atoms with Crippen LogP contribution in [0.2, 0.25) is 0 Å². The lowest BCUT2D eigenvalue weighted by Crippen LogP contribution is -2.39. The summed E-state index contributed by atoms with van der Waals surface area (Å²) >= 11 is 0. The molecule has 0 fully saturated rings. The van der Waals surface area contributed by atoms with Gasteiger partial charge in [-0.1, -0.05) is 29.8 Å². The molecule has 21 heavy (non-hydrogen) atoms. The molecule has 1 unspecified atom stereocenters. The van der Waals surface area contributed by atoms with Gasteiger partial charge in [-0.2, -0.15) is 0 Å². The Morgan fingerprint density at radius 1 is 1.33 bits per heavy atom. The largest absolute Gasteiger partial charge is 0.490 e.